The van der Waals surface area contributed by atoms with Gasteiger partial charge in [-0.2, -0.15) is 0 Å². The Labute approximate surface area is 96.6 Å². The molecule has 1 atom stereocenters. The number of carbonyl (C=O) groups excluding carboxylic acids is 1. The highest BCUT2D eigenvalue weighted by Gasteiger charge is 2.23. The lowest BCUT2D eigenvalue weighted by molar-refractivity contribution is -0.121. The summed E-state index contributed by atoms with van der Waals surface area (Å²) < 4.78 is 5.64. The molecular formula is C14H18O2. The summed E-state index contributed by atoms with van der Waals surface area (Å²) in [4.78, 5) is 11.4. The number of hydrogen-bond acceptors (Lipinski definition) is 2. The van der Waals surface area contributed by atoms with Crippen LogP contribution in [0.25, 0.3) is 0 Å². The maximum atomic E-state index is 11.4. The maximum absolute atomic E-state index is 11.4. The summed E-state index contributed by atoms with van der Waals surface area (Å²) in [6.45, 7) is 2.70. The third kappa shape index (κ3) is 2.84. The summed E-state index contributed by atoms with van der Waals surface area (Å²) >= 11 is 0. The number of ketones is 1. The minimum absolute atomic E-state index is 0.254. The van der Waals surface area contributed by atoms with Crippen LogP contribution in [0.5, 0.6) is 5.75 Å². The molecule has 1 aromatic carbocycles. The van der Waals surface area contributed by atoms with E-state index in [2.05, 4.69) is 0 Å². The molecule has 2 nitrogen and oxygen atoms in total. The molecular weight excluding hydrogens is 200 g/mol. The average Bonchev–Trinajstić information content (AvgIpc) is 2.65. The molecule has 0 bridgehead atoms. The van der Waals surface area contributed by atoms with Gasteiger partial charge < -0.3 is 4.74 Å². The standard InChI is InChI=1S/C14H18O2/c1-11-4-2-6-13(10-11)16-9-8-12-5-3-7-14(12)15/h2,4,6,10,12H,3,5,7-9H2,1H3. The fraction of sp³-hybridized carbons (Fsp3) is 0.500. The zero-order chi connectivity index (χ0) is 11.4. The zero-order valence-electron chi connectivity index (χ0n) is 9.74. The van der Waals surface area contributed by atoms with Gasteiger partial charge in [0.2, 0.25) is 0 Å². The van der Waals surface area contributed by atoms with E-state index in [0.29, 0.717) is 12.4 Å². The van der Waals surface area contributed by atoms with Crippen LogP contribution in [-0.2, 0) is 4.79 Å². The second kappa shape index (κ2) is 5.15. The lowest BCUT2D eigenvalue weighted by Gasteiger charge is -2.10. The lowest BCUT2D eigenvalue weighted by atomic mass is 10.0. The Bertz CT molecular complexity index is 371. The van der Waals surface area contributed by atoms with Gasteiger partial charge in [0.25, 0.3) is 0 Å². The molecule has 86 valence electrons. The fourth-order valence-corrected chi connectivity index (χ4v) is 2.22. The topological polar surface area (TPSA) is 26.3 Å². The first kappa shape index (κ1) is 11.2. The Kier molecular flexibility index (Phi) is 3.60. The molecule has 0 N–H and O–H groups in total. The molecule has 16 heavy (non-hydrogen) atoms. The summed E-state index contributed by atoms with van der Waals surface area (Å²) in [5.41, 5.74) is 1.20. The summed E-state index contributed by atoms with van der Waals surface area (Å²) in [7, 11) is 0. The minimum Gasteiger partial charge on any atom is -0.494 e. The monoisotopic (exact) mass is 218 g/mol. The van der Waals surface area contributed by atoms with Gasteiger partial charge in [0.05, 0.1) is 6.61 Å². The Balaban J connectivity index is 1.77. The van der Waals surface area contributed by atoms with Crippen molar-refractivity contribution in [3.05, 3.63) is 29.8 Å². The molecule has 0 aromatic heterocycles. The molecule has 0 saturated heterocycles. The van der Waals surface area contributed by atoms with Gasteiger partial charge in [-0.25, -0.2) is 0 Å². The fourth-order valence-electron chi connectivity index (χ4n) is 2.22. The molecule has 0 spiro atoms. The molecule has 0 aliphatic heterocycles. The van der Waals surface area contributed by atoms with Gasteiger partial charge in [0, 0.05) is 12.3 Å². The van der Waals surface area contributed by atoms with E-state index in [1.807, 2.05) is 31.2 Å². The van der Waals surface area contributed by atoms with E-state index < -0.39 is 0 Å². The van der Waals surface area contributed by atoms with Gasteiger partial charge in [-0.05, 0) is 43.9 Å². The smallest absolute Gasteiger partial charge is 0.136 e. The largest absolute Gasteiger partial charge is 0.494 e. The van der Waals surface area contributed by atoms with Crippen LogP contribution in [0.4, 0.5) is 0 Å². The highest BCUT2D eigenvalue weighted by Crippen LogP contribution is 2.24. The molecule has 2 heteroatoms. The van der Waals surface area contributed by atoms with Crippen molar-refractivity contribution in [2.75, 3.05) is 6.61 Å². The molecule has 0 radical (unpaired) electrons. The SMILES string of the molecule is Cc1cccc(OCCC2CCCC2=O)c1. The van der Waals surface area contributed by atoms with Crippen LogP contribution in [0.15, 0.2) is 24.3 Å². The van der Waals surface area contributed by atoms with E-state index in [-0.39, 0.29) is 5.92 Å². The first-order chi connectivity index (χ1) is 7.75. The Morgan fingerprint density at radius 3 is 3.00 bits per heavy atom. The Morgan fingerprint density at radius 2 is 2.31 bits per heavy atom. The zero-order valence-corrected chi connectivity index (χ0v) is 9.74. The summed E-state index contributed by atoms with van der Waals surface area (Å²) in [5, 5.41) is 0. The number of ether oxygens (including phenoxy) is 1. The third-order valence-electron chi connectivity index (χ3n) is 3.16. The van der Waals surface area contributed by atoms with Crippen molar-refractivity contribution in [3.8, 4) is 5.75 Å². The van der Waals surface area contributed by atoms with Gasteiger partial charge in [0.1, 0.15) is 11.5 Å². The maximum Gasteiger partial charge on any atom is 0.136 e. The number of Topliss-reactive ketones (excluding diaryl/α,β-unsaturated/α-hetero) is 1. The Morgan fingerprint density at radius 1 is 1.44 bits per heavy atom. The molecule has 2 rings (SSSR count). The highest BCUT2D eigenvalue weighted by atomic mass is 16.5. The van der Waals surface area contributed by atoms with E-state index >= 15 is 0 Å². The summed E-state index contributed by atoms with van der Waals surface area (Å²) in [6, 6.07) is 8.03. The van der Waals surface area contributed by atoms with E-state index in [1.54, 1.807) is 0 Å². The number of benzene rings is 1. The van der Waals surface area contributed by atoms with Gasteiger partial charge in [-0.15, -0.1) is 0 Å². The number of rotatable bonds is 4. The van der Waals surface area contributed by atoms with Gasteiger partial charge in [0.15, 0.2) is 0 Å². The van der Waals surface area contributed by atoms with E-state index in [1.165, 1.54) is 5.56 Å². The molecule has 1 aromatic rings. The van der Waals surface area contributed by atoms with Crippen molar-refractivity contribution in [3.63, 3.8) is 0 Å². The molecule has 1 fully saturated rings. The molecule has 1 unspecified atom stereocenters. The van der Waals surface area contributed by atoms with Crippen molar-refractivity contribution < 1.29 is 9.53 Å². The number of hydrogen-bond donors (Lipinski definition) is 0. The predicted molar refractivity (Wildman–Crippen MR) is 63.6 cm³/mol. The number of aryl methyl sites for hydroxylation is 1. The van der Waals surface area contributed by atoms with Crippen molar-refractivity contribution >= 4 is 5.78 Å². The van der Waals surface area contributed by atoms with Gasteiger partial charge >= 0.3 is 0 Å². The van der Waals surface area contributed by atoms with Crippen LogP contribution in [0.1, 0.15) is 31.2 Å². The van der Waals surface area contributed by atoms with E-state index in [4.69, 9.17) is 4.74 Å². The van der Waals surface area contributed by atoms with E-state index in [0.717, 1.165) is 31.4 Å². The molecule has 1 aliphatic rings. The normalized spacial score (nSPS) is 20.1. The predicted octanol–water partition coefficient (Wildman–Crippen LogP) is 3.13. The van der Waals surface area contributed by atoms with Crippen LogP contribution in [0.3, 0.4) is 0 Å². The van der Waals surface area contributed by atoms with Crippen LogP contribution < -0.4 is 4.74 Å². The van der Waals surface area contributed by atoms with Crippen LogP contribution in [-0.4, -0.2) is 12.4 Å². The van der Waals surface area contributed by atoms with Gasteiger partial charge in [-0.3, -0.25) is 4.79 Å². The molecule has 1 aliphatic carbocycles. The second-order valence-corrected chi connectivity index (χ2v) is 4.51. The summed E-state index contributed by atoms with van der Waals surface area (Å²) in [5.74, 6) is 1.59. The van der Waals surface area contributed by atoms with Crippen molar-refractivity contribution in [2.45, 2.75) is 32.6 Å². The first-order valence-electron chi connectivity index (χ1n) is 5.98. The minimum atomic E-state index is 0.254. The summed E-state index contributed by atoms with van der Waals surface area (Å²) in [6.07, 6.45) is 3.76. The average molecular weight is 218 g/mol. The van der Waals surface area contributed by atoms with Crippen molar-refractivity contribution in [1.29, 1.82) is 0 Å². The molecule has 0 heterocycles. The third-order valence-corrected chi connectivity index (χ3v) is 3.16. The van der Waals surface area contributed by atoms with Crippen LogP contribution in [0.2, 0.25) is 0 Å². The quantitative estimate of drug-likeness (QED) is 0.776. The van der Waals surface area contributed by atoms with Crippen molar-refractivity contribution in [2.24, 2.45) is 5.92 Å². The highest BCUT2D eigenvalue weighted by molar-refractivity contribution is 5.82. The molecule has 1 saturated carbocycles. The lowest BCUT2D eigenvalue weighted by Crippen LogP contribution is -2.11. The van der Waals surface area contributed by atoms with Crippen molar-refractivity contribution in [1.82, 2.24) is 0 Å². The van der Waals surface area contributed by atoms with Crippen LogP contribution in [0, 0.1) is 12.8 Å². The number of carbonyl (C=O) groups is 1. The van der Waals surface area contributed by atoms with Crippen LogP contribution >= 0.6 is 0 Å². The van der Waals surface area contributed by atoms with E-state index in [9.17, 15) is 4.79 Å². The molecule has 0 amide bonds. The van der Waals surface area contributed by atoms with Gasteiger partial charge in [-0.1, -0.05) is 12.1 Å². The Hall–Kier alpha value is -1.31. The first-order valence-corrected chi connectivity index (χ1v) is 5.98. The second-order valence-electron chi connectivity index (χ2n) is 4.51.